The Labute approximate surface area is 126 Å². The predicted molar refractivity (Wildman–Crippen MR) is 86.6 cm³/mol. The number of hydrogen-bond acceptors (Lipinski definition) is 3. The summed E-state index contributed by atoms with van der Waals surface area (Å²) in [7, 11) is 0. The maximum Gasteiger partial charge on any atom is 0.115 e. The van der Waals surface area contributed by atoms with Gasteiger partial charge in [-0.3, -0.25) is 0 Å². The molecule has 2 aromatic carbocycles. The number of aryl methyl sites for hydroxylation is 1. The van der Waals surface area contributed by atoms with Crippen LogP contribution in [-0.2, 0) is 6.42 Å². The van der Waals surface area contributed by atoms with Gasteiger partial charge in [0.2, 0.25) is 0 Å². The molecule has 0 saturated heterocycles. The summed E-state index contributed by atoms with van der Waals surface area (Å²) in [5.74, 6) is 0.291. The van der Waals surface area contributed by atoms with Gasteiger partial charge in [0, 0.05) is 12.3 Å². The molecule has 3 nitrogen and oxygen atoms in total. The number of benzene rings is 2. The van der Waals surface area contributed by atoms with Gasteiger partial charge in [-0.05, 0) is 54.7 Å². The van der Waals surface area contributed by atoms with Gasteiger partial charge in [-0.15, -0.1) is 0 Å². The van der Waals surface area contributed by atoms with E-state index in [2.05, 4.69) is 30.4 Å². The van der Waals surface area contributed by atoms with Crippen LogP contribution in [0, 0.1) is 0 Å². The Kier molecular flexibility index (Phi) is 5.64. The number of nitrogens with one attached hydrogen (secondary N) is 1. The molecule has 0 aliphatic heterocycles. The molecule has 0 heterocycles. The monoisotopic (exact) mass is 285 g/mol. The fourth-order valence-electron chi connectivity index (χ4n) is 2.43. The lowest BCUT2D eigenvalue weighted by Gasteiger charge is -2.19. The minimum atomic E-state index is 0.221. The van der Waals surface area contributed by atoms with Crippen molar-refractivity contribution in [2.24, 2.45) is 0 Å². The van der Waals surface area contributed by atoms with Crippen LogP contribution in [0.3, 0.4) is 0 Å². The van der Waals surface area contributed by atoms with Gasteiger partial charge < -0.3 is 15.5 Å². The normalized spacial score (nSPS) is 12.1. The molecular weight excluding hydrogens is 262 g/mol. The van der Waals surface area contributed by atoms with Gasteiger partial charge in [-0.25, -0.2) is 0 Å². The van der Waals surface area contributed by atoms with Crippen molar-refractivity contribution in [1.82, 2.24) is 0 Å². The Balaban J connectivity index is 2.09. The third-order valence-electron chi connectivity index (χ3n) is 3.60. The van der Waals surface area contributed by atoms with Crippen LogP contribution >= 0.6 is 0 Å². The largest absolute Gasteiger partial charge is 0.508 e. The molecule has 0 amide bonds. The third kappa shape index (κ3) is 4.50. The minimum Gasteiger partial charge on any atom is -0.508 e. The highest BCUT2D eigenvalue weighted by molar-refractivity contribution is 5.48. The van der Waals surface area contributed by atoms with Gasteiger partial charge in [0.15, 0.2) is 0 Å². The summed E-state index contributed by atoms with van der Waals surface area (Å²) in [5.41, 5.74) is 3.48. The molecule has 0 aliphatic carbocycles. The number of anilines is 1. The van der Waals surface area contributed by atoms with Crippen LogP contribution in [0.2, 0.25) is 0 Å². The number of aliphatic hydroxyl groups is 1. The van der Waals surface area contributed by atoms with Gasteiger partial charge in [0.25, 0.3) is 0 Å². The molecular formula is C18H23NO2. The average molecular weight is 285 g/mol. The second kappa shape index (κ2) is 7.70. The van der Waals surface area contributed by atoms with Gasteiger partial charge in [0.05, 0.1) is 6.04 Å². The molecule has 0 aromatic heterocycles. The van der Waals surface area contributed by atoms with Crippen molar-refractivity contribution in [2.45, 2.75) is 32.2 Å². The van der Waals surface area contributed by atoms with Crippen molar-refractivity contribution in [3.05, 3.63) is 59.7 Å². The molecule has 112 valence electrons. The van der Waals surface area contributed by atoms with Crippen molar-refractivity contribution in [1.29, 1.82) is 0 Å². The lowest BCUT2D eigenvalue weighted by atomic mass is 10.0. The highest BCUT2D eigenvalue weighted by Gasteiger charge is 2.09. The third-order valence-corrected chi connectivity index (χ3v) is 3.60. The molecule has 3 N–H and O–H groups in total. The zero-order chi connectivity index (χ0) is 15.1. The van der Waals surface area contributed by atoms with Crippen LogP contribution in [0.1, 0.15) is 36.9 Å². The maximum absolute atomic E-state index is 9.38. The van der Waals surface area contributed by atoms with E-state index in [1.54, 1.807) is 12.1 Å². The first-order valence-electron chi connectivity index (χ1n) is 7.48. The van der Waals surface area contributed by atoms with E-state index < -0.39 is 0 Å². The van der Waals surface area contributed by atoms with E-state index in [1.807, 2.05) is 18.2 Å². The number of hydrogen-bond donors (Lipinski definition) is 3. The van der Waals surface area contributed by atoms with Crippen molar-refractivity contribution >= 4 is 5.69 Å². The van der Waals surface area contributed by atoms with Gasteiger partial charge in [0.1, 0.15) is 5.75 Å². The van der Waals surface area contributed by atoms with Gasteiger partial charge in [-0.2, -0.15) is 0 Å². The Morgan fingerprint density at radius 2 is 1.86 bits per heavy atom. The Morgan fingerprint density at radius 3 is 2.52 bits per heavy atom. The lowest BCUT2D eigenvalue weighted by molar-refractivity contribution is 0.288. The predicted octanol–water partition coefficient (Wildman–Crippen LogP) is 3.88. The number of aliphatic hydroxyl groups excluding tert-OH is 1. The molecule has 0 radical (unpaired) electrons. The molecule has 3 heteroatoms. The molecule has 0 fully saturated rings. The number of phenolic OH excluding ortho intramolecular Hbond substituents is 1. The summed E-state index contributed by atoms with van der Waals surface area (Å²) in [4.78, 5) is 0. The molecule has 0 spiro atoms. The molecule has 1 unspecified atom stereocenters. The summed E-state index contributed by atoms with van der Waals surface area (Å²) >= 11 is 0. The van der Waals surface area contributed by atoms with Crippen LogP contribution in [0.5, 0.6) is 5.75 Å². The highest BCUT2D eigenvalue weighted by Crippen LogP contribution is 2.24. The van der Waals surface area contributed by atoms with Crippen LogP contribution in [0.25, 0.3) is 0 Å². The van der Waals surface area contributed by atoms with Crippen LogP contribution in [0.15, 0.2) is 48.5 Å². The molecule has 21 heavy (non-hydrogen) atoms. The SMILES string of the molecule is CCC(Nc1cccc(CCCO)c1)c1ccc(O)cc1. The standard InChI is InChI=1S/C18H23NO2/c1-2-18(15-8-10-17(21)11-9-15)19-16-7-3-5-14(13-16)6-4-12-20/h3,5,7-11,13,18-21H,2,4,6,12H2,1H3. The van der Waals surface area contributed by atoms with Gasteiger partial charge in [-0.1, -0.05) is 31.2 Å². The summed E-state index contributed by atoms with van der Waals surface area (Å²) in [5, 5.41) is 21.8. The second-order valence-electron chi connectivity index (χ2n) is 5.22. The summed E-state index contributed by atoms with van der Waals surface area (Å²) < 4.78 is 0. The van der Waals surface area contributed by atoms with E-state index >= 15 is 0 Å². The summed E-state index contributed by atoms with van der Waals surface area (Å²) in [6.45, 7) is 2.36. The van der Waals surface area contributed by atoms with Crippen molar-refractivity contribution in [3.8, 4) is 5.75 Å². The van der Waals surface area contributed by atoms with E-state index in [-0.39, 0.29) is 12.6 Å². The van der Waals surface area contributed by atoms with E-state index in [0.29, 0.717) is 5.75 Å². The zero-order valence-corrected chi connectivity index (χ0v) is 12.4. The Hall–Kier alpha value is -2.00. The van der Waals surface area contributed by atoms with E-state index in [9.17, 15) is 5.11 Å². The lowest BCUT2D eigenvalue weighted by Crippen LogP contribution is -2.09. The van der Waals surface area contributed by atoms with Crippen molar-refractivity contribution < 1.29 is 10.2 Å². The zero-order valence-electron chi connectivity index (χ0n) is 12.4. The summed E-state index contributed by atoms with van der Waals surface area (Å²) in [6, 6.07) is 15.9. The first kappa shape index (κ1) is 15.4. The molecule has 2 rings (SSSR count). The number of phenols is 1. The molecule has 1 atom stereocenters. The molecule has 2 aromatic rings. The van der Waals surface area contributed by atoms with Crippen molar-refractivity contribution in [2.75, 3.05) is 11.9 Å². The topological polar surface area (TPSA) is 52.5 Å². The van der Waals surface area contributed by atoms with E-state index in [4.69, 9.17) is 5.11 Å². The van der Waals surface area contributed by atoms with Crippen molar-refractivity contribution in [3.63, 3.8) is 0 Å². The number of aromatic hydroxyl groups is 1. The first-order valence-corrected chi connectivity index (χ1v) is 7.48. The smallest absolute Gasteiger partial charge is 0.115 e. The fourth-order valence-corrected chi connectivity index (χ4v) is 2.43. The quantitative estimate of drug-likeness (QED) is 0.723. The van der Waals surface area contributed by atoms with Crippen LogP contribution in [-0.4, -0.2) is 16.8 Å². The summed E-state index contributed by atoms with van der Waals surface area (Å²) in [6.07, 6.45) is 2.65. The minimum absolute atomic E-state index is 0.221. The Morgan fingerprint density at radius 1 is 1.10 bits per heavy atom. The first-order chi connectivity index (χ1) is 10.2. The maximum atomic E-state index is 9.38. The molecule has 0 bridgehead atoms. The van der Waals surface area contributed by atoms with Gasteiger partial charge >= 0.3 is 0 Å². The second-order valence-corrected chi connectivity index (χ2v) is 5.22. The molecule has 0 saturated carbocycles. The molecule has 0 aliphatic rings. The van der Waals surface area contributed by atoms with Crippen LogP contribution < -0.4 is 5.32 Å². The van der Waals surface area contributed by atoms with E-state index in [1.165, 1.54) is 5.56 Å². The van der Waals surface area contributed by atoms with E-state index in [0.717, 1.165) is 30.5 Å². The Bertz CT molecular complexity index is 551. The highest BCUT2D eigenvalue weighted by atomic mass is 16.3. The fraction of sp³-hybridized carbons (Fsp3) is 0.333. The van der Waals surface area contributed by atoms with Crippen LogP contribution in [0.4, 0.5) is 5.69 Å². The number of rotatable bonds is 7. The average Bonchev–Trinajstić information content (AvgIpc) is 2.52.